The highest BCUT2D eigenvalue weighted by atomic mass is 32.2. The molecule has 11 heteroatoms. The first-order valence-corrected chi connectivity index (χ1v) is 10.3. The number of methoxy groups -OCH3 is 1. The molecule has 0 radical (unpaired) electrons. The zero-order valence-corrected chi connectivity index (χ0v) is 17.3. The summed E-state index contributed by atoms with van der Waals surface area (Å²) in [6, 6.07) is 11.8. The van der Waals surface area contributed by atoms with Crippen molar-refractivity contribution in [2.75, 3.05) is 13.7 Å². The van der Waals surface area contributed by atoms with E-state index in [9.17, 15) is 22.4 Å². The van der Waals surface area contributed by atoms with Crippen LogP contribution in [-0.2, 0) is 14.9 Å². The van der Waals surface area contributed by atoms with Crippen LogP contribution in [0.4, 0.5) is 4.39 Å². The molecule has 0 amide bonds. The highest BCUT2D eigenvalue weighted by molar-refractivity contribution is 7.87. The Hall–Kier alpha value is -3.73. The summed E-state index contributed by atoms with van der Waals surface area (Å²) in [4.78, 5) is 24.4. The summed E-state index contributed by atoms with van der Waals surface area (Å²) >= 11 is 0. The molecule has 3 rings (SSSR count). The van der Waals surface area contributed by atoms with Crippen molar-refractivity contribution < 1.29 is 31.3 Å². The van der Waals surface area contributed by atoms with Crippen molar-refractivity contribution in [1.82, 2.24) is 9.78 Å². The maximum Gasteiger partial charge on any atom is 0.362 e. The number of carbonyl (C=O) groups is 1. The molecule has 0 aliphatic carbocycles. The highest BCUT2D eigenvalue weighted by Gasteiger charge is 2.26. The predicted octanol–water partition coefficient (Wildman–Crippen LogP) is 2.32. The predicted molar refractivity (Wildman–Crippen MR) is 107 cm³/mol. The number of nitrogens with zero attached hydrogens (tertiary/aromatic N) is 2. The van der Waals surface area contributed by atoms with Crippen molar-refractivity contribution in [3.05, 3.63) is 76.5 Å². The number of rotatable bonds is 7. The first kappa shape index (κ1) is 22.0. The van der Waals surface area contributed by atoms with E-state index in [0.29, 0.717) is 11.8 Å². The Balaban J connectivity index is 2.09. The van der Waals surface area contributed by atoms with Gasteiger partial charge in [-0.25, -0.2) is 9.18 Å². The minimum absolute atomic E-state index is 0.0269. The normalized spacial score (nSPS) is 11.1. The van der Waals surface area contributed by atoms with E-state index in [1.807, 2.05) is 0 Å². The fourth-order valence-corrected chi connectivity index (χ4v) is 3.51. The van der Waals surface area contributed by atoms with Crippen LogP contribution < -0.4 is 14.5 Å². The number of aromatic nitrogens is 2. The first-order valence-electron chi connectivity index (χ1n) is 8.91. The van der Waals surface area contributed by atoms with Crippen LogP contribution in [0, 0.1) is 5.82 Å². The van der Waals surface area contributed by atoms with Crippen LogP contribution >= 0.6 is 0 Å². The topological polar surface area (TPSA) is 114 Å². The maximum absolute atomic E-state index is 13.9. The van der Waals surface area contributed by atoms with E-state index in [-0.39, 0.29) is 12.4 Å². The van der Waals surface area contributed by atoms with E-state index >= 15 is 0 Å². The minimum atomic E-state index is -4.62. The molecule has 31 heavy (non-hydrogen) atoms. The molecule has 0 spiro atoms. The van der Waals surface area contributed by atoms with Gasteiger partial charge in [0, 0.05) is 0 Å². The summed E-state index contributed by atoms with van der Waals surface area (Å²) in [5.41, 5.74) is -0.960. The number of hydrogen-bond donors (Lipinski definition) is 0. The summed E-state index contributed by atoms with van der Waals surface area (Å²) in [5, 5.41) is 3.93. The Kier molecular flexibility index (Phi) is 6.35. The van der Waals surface area contributed by atoms with Gasteiger partial charge >= 0.3 is 16.1 Å². The third-order valence-electron chi connectivity index (χ3n) is 3.98. The quantitative estimate of drug-likeness (QED) is 0.400. The SMILES string of the molecule is CCOC(=O)c1nn(-c2ccccc2)c(=O)cc1OS(=O)(=O)c1ccc(OC)c(F)c1. The van der Waals surface area contributed by atoms with Crippen molar-refractivity contribution >= 4 is 16.1 Å². The van der Waals surface area contributed by atoms with E-state index < -0.39 is 43.8 Å². The van der Waals surface area contributed by atoms with Crippen molar-refractivity contribution in [2.24, 2.45) is 0 Å². The number of hydrogen-bond acceptors (Lipinski definition) is 8. The van der Waals surface area contributed by atoms with E-state index in [2.05, 4.69) is 5.10 Å². The number of para-hydroxylation sites is 1. The molecule has 162 valence electrons. The standard InChI is InChI=1S/C20H17FN2O7S/c1-3-29-20(25)19-17(12-18(24)23(22-19)13-7-5-4-6-8-13)30-31(26,27)14-9-10-16(28-2)15(21)11-14/h4-12H,3H2,1-2H3. The molecule has 1 aromatic heterocycles. The molecular weight excluding hydrogens is 431 g/mol. The zero-order chi connectivity index (χ0) is 22.6. The Labute approximate surface area is 176 Å². The van der Waals surface area contributed by atoms with Gasteiger partial charge in [0.05, 0.1) is 25.5 Å². The monoisotopic (exact) mass is 448 g/mol. The molecule has 3 aromatic rings. The molecule has 0 saturated carbocycles. The van der Waals surface area contributed by atoms with Crippen LogP contribution in [0.15, 0.2) is 64.3 Å². The van der Waals surface area contributed by atoms with Gasteiger partial charge in [-0.1, -0.05) is 18.2 Å². The van der Waals surface area contributed by atoms with Crippen molar-refractivity contribution in [2.45, 2.75) is 11.8 Å². The first-order chi connectivity index (χ1) is 14.8. The van der Waals surface area contributed by atoms with Gasteiger partial charge in [-0.3, -0.25) is 4.79 Å². The van der Waals surface area contributed by atoms with E-state index in [1.54, 1.807) is 37.3 Å². The van der Waals surface area contributed by atoms with Crippen molar-refractivity contribution in [1.29, 1.82) is 0 Å². The Morgan fingerprint density at radius 3 is 2.42 bits per heavy atom. The lowest BCUT2D eigenvalue weighted by molar-refractivity contribution is 0.0515. The molecule has 9 nitrogen and oxygen atoms in total. The van der Waals surface area contributed by atoms with Gasteiger partial charge in [0.15, 0.2) is 17.3 Å². The fourth-order valence-electron chi connectivity index (χ4n) is 2.57. The third kappa shape index (κ3) is 4.72. The molecule has 0 aliphatic heterocycles. The van der Waals surface area contributed by atoms with Crippen LogP contribution in [0.25, 0.3) is 5.69 Å². The van der Waals surface area contributed by atoms with Gasteiger partial charge < -0.3 is 13.7 Å². The highest BCUT2D eigenvalue weighted by Crippen LogP contribution is 2.25. The molecule has 0 unspecified atom stereocenters. The molecule has 0 atom stereocenters. The molecule has 1 heterocycles. The second-order valence-electron chi connectivity index (χ2n) is 6.00. The Morgan fingerprint density at radius 2 is 1.81 bits per heavy atom. The second kappa shape index (κ2) is 8.96. The van der Waals surface area contributed by atoms with E-state index in [4.69, 9.17) is 13.7 Å². The fraction of sp³-hybridized carbons (Fsp3) is 0.150. The van der Waals surface area contributed by atoms with Crippen LogP contribution in [0.2, 0.25) is 0 Å². The summed E-state index contributed by atoms with van der Waals surface area (Å²) in [6.07, 6.45) is 0. The van der Waals surface area contributed by atoms with Gasteiger partial charge in [-0.2, -0.15) is 18.2 Å². The summed E-state index contributed by atoms with van der Waals surface area (Å²) in [6.45, 7) is 1.52. The Morgan fingerprint density at radius 1 is 1.10 bits per heavy atom. The number of carbonyl (C=O) groups excluding carboxylic acids is 1. The van der Waals surface area contributed by atoms with Gasteiger partial charge in [-0.15, -0.1) is 0 Å². The lowest BCUT2D eigenvalue weighted by atomic mass is 10.3. The minimum Gasteiger partial charge on any atom is -0.494 e. The lowest BCUT2D eigenvalue weighted by Crippen LogP contribution is -2.26. The number of ether oxygens (including phenoxy) is 2. The summed E-state index contributed by atoms with van der Waals surface area (Å²) in [5.74, 6) is -2.75. The number of benzene rings is 2. The number of esters is 1. The second-order valence-corrected chi connectivity index (χ2v) is 7.54. The molecule has 0 bridgehead atoms. The average molecular weight is 448 g/mol. The van der Waals surface area contributed by atoms with Gasteiger partial charge in [-0.05, 0) is 37.3 Å². The van der Waals surface area contributed by atoms with Gasteiger partial charge in [0.25, 0.3) is 5.56 Å². The van der Waals surface area contributed by atoms with Crippen LogP contribution in [0.3, 0.4) is 0 Å². The van der Waals surface area contributed by atoms with Gasteiger partial charge in [0.2, 0.25) is 5.69 Å². The molecule has 0 fully saturated rings. The zero-order valence-electron chi connectivity index (χ0n) is 16.4. The van der Waals surface area contributed by atoms with Crippen LogP contribution in [0.5, 0.6) is 11.5 Å². The van der Waals surface area contributed by atoms with E-state index in [0.717, 1.165) is 22.9 Å². The maximum atomic E-state index is 13.9. The largest absolute Gasteiger partial charge is 0.494 e. The molecular formula is C20H17FN2O7S. The molecule has 0 saturated heterocycles. The molecule has 0 aliphatic rings. The smallest absolute Gasteiger partial charge is 0.362 e. The average Bonchev–Trinajstić information content (AvgIpc) is 2.74. The lowest BCUT2D eigenvalue weighted by Gasteiger charge is -2.13. The van der Waals surface area contributed by atoms with Crippen LogP contribution in [0.1, 0.15) is 17.4 Å². The summed E-state index contributed by atoms with van der Waals surface area (Å²) in [7, 11) is -3.39. The third-order valence-corrected chi connectivity index (χ3v) is 5.21. The molecule has 0 N–H and O–H groups in total. The Bertz CT molecular complexity index is 1270. The number of halogens is 1. The van der Waals surface area contributed by atoms with Gasteiger partial charge in [0.1, 0.15) is 4.90 Å². The molecule has 2 aromatic carbocycles. The van der Waals surface area contributed by atoms with Crippen LogP contribution in [-0.4, -0.2) is 37.9 Å². The van der Waals surface area contributed by atoms with Crippen molar-refractivity contribution in [3.63, 3.8) is 0 Å². The summed E-state index contributed by atoms with van der Waals surface area (Å²) < 4.78 is 54.7. The van der Waals surface area contributed by atoms with E-state index in [1.165, 1.54) is 7.11 Å². The van der Waals surface area contributed by atoms with Crippen molar-refractivity contribution in [3.8, 4) is 17.2 Å².